The lowest BCUT2D eigenvalue weighted by Gasteiger charge is -1.96. The Kier molecular flexibility index (Phi) is 8.38. The highest BCUT2D eigenvalue weighted by Gasteiger charge is 1.88. The van der Waals surface area contributed by atoms with Crippen molar-refractivity contribution in [3.63, 3.8) is 0 Å². The molecule has 2 rings (SSSR count). The van der Waals surface area contributed by atoms with Gasteiger partial charge in [-0.2, -0.15) is 8.42 Å². The summed E-state index contributed by atoms with van der Waals surface area (Å²) < 4.78 is 31.6. The summed E-state index contributed by atoms with van der Waals surface area (Å²) in [4.78, 5) is 0. The Morgan fingerprint density at radius 2 is 1.41 bits per heavy atom. The summed E-state index contributed by atoms with van der Waals surface area (Å²) in [6.07, 6.45) is 0. The van der Waals surface area contributed by atoms with E-state index in [0.717, 1.165) is 5.69 Å². The van der Waals surface area contributed by atoms with Crippen molar-refractivity contribution in [3.8, 4) is 11.5 Å². The first-order valence-corrected chi connectivity index (χ1v) is 7.23. The summed E-state index contributed by atoms with van der Waals surface area (Å²) in [5, 5.41) is 20.6. The van der Waals surface area contributed by atoms with Gasteiger partial charge in [0.1, 0.15) is 11.5 Å². The van der Waals surface area contributed by atoms with Gasteiger partial charge >= 0.3 is 10.4 Å². The standard InChI is InChI=1S/C7H9NO.C6H7NO.H2O4S/c1-8-6-2-4-7(9)5-3-6;7-5-3-1-2-4-6(5)8;1-5(2,3)4/h2-5,8-9H,1H3;1-4,8H,7H2;(H2,1,2,3,4). The van der Waals surface area contributed by atoms with Gasteiger partial charge < -0.3 is 21.3 Å². The van der Waals surface area contributed by atoms with Gasteiger partial charge in [-0.25, -0.2) is 0 Å². The van der Waals surface area contributed by atoms with E-state index in [1.807, 2.05) is 19.2 Å². The second kappa shape index (κ2) is 9.45. The van der Waals surface area contributed by atoms with Crippen molar-refractivity contribution < 1.29 is 27.7 Å². The number of nitrogen functional groups attached to an aromatic ring is 1. The second-order valence-corrected chi connectivity index (χ2v) is 4.70. The zero-order valence-electron chi connectivity index (χ0n) is 11.7. The van der Waals surface area contributed by atoms with E-state index in [-0.39, 0.29) is 5.75 Å². The van der Waals surface area contributed by atoms with Crippen LogP contribution < -0.4 is 11.1 Å². The molecule has 0 aromatic heterocycles. The Morgan fingerprint density at radius 1 is 0.955 bits per heavy atom. The van der Waals surface area contributed by atoms with Crippen LogP contribution in [-0.4, -0.2) is 34.8 Å². The van der Waals surface area contributed by atoms with Crippen LogP contribution in [0.2, 0.25) is 0 Å². The number of benzene rings is 2. The molecule has 9 heteroatoms. The molecule has 0 spiro atoms. The molecule has 22 heavy (non-hydrogen) atoms. The predicted molar refractivity (Wildman–Crippen MR) is 84.4 cm³/mol. The van der Waals surface area contributed by atoms with Crippen LogP contribution in [0.5, 0.6) is 11.5 Å². The summed E-state index contributed by atoms with van der Waals surface area (Å²) in [6.45, 7) is 0. The molecule has 0 radical (unpaired) electrons. The topological polar surface area (TPSA) is 153 Å². The molecule has 0 amide bonds. The van der Waals surface area contributed by atoms with Crippen molar-refractivity contribution >= 4 is 21.8 Å². The predicted octanol–water partition coefficient (Wildman–Crippen LogP) is 1.76. The highest BCUT2D eigenvalue weighted by atomic mass is 32.3. The Labute approximate surface area is 128 Å². The second-order valence-electron chi connectivity index (χ2n) is 3.80. The monoisotopic (exact) mass is 330 g/mol. The fourth-order valence-electron chi connectivity index (χ4n) is 1.12. The van der Waals surface area contributed by atoms with E-state index in [2.05, 4.69) is 5.32 Å². The molecule has 0 aliphatic carbocycles. The number of hydrogen-bond donors (Lipinski definition) is 6. The molecule has 0 saturated carbocycles. The molecule has 0 bridgehead atoms. The lowest BCUT2D eigenvalue weighted by Crippen LogP contribution is -1.89. The molecule has 0 aliphatic heterocycles. The van der Waals surface area contributed by atoms with Crippen LogP contribution in [0.25, 0.3) is 0 Å². The van der Waals surface area contributed by atoms with Crippen molar-refractivity contribution in [1.82, 2.24) is 0 Å². The fraction of sp³-hybridized carbons (Fsp3) is 0.0769. The molecule has 7 N–H and O–H groups in total. The largest absolute Gasteiger partial charge is 0.508 e. The van der Waals surface area contributed by atoms with E-state index in [4.69, 9.17) is 33.5 Å². The van der Waals surface area contributed by atoms with E-state index in [1.54, 1.807) is 36.4 Å². The first-order chi connectivity index (χ1) is 10.1. The lowest BCUT2D eigenvalue weighted by atomic mass is 10.3. The van der Waals surface area contributed by atoms with E-state index in [9.17, 15) is 0 Å². The van der Waals surface area contributed by atoms with Crippen molar-refractivity contribution in [2.75, 3.05) is 18.1 Å². The molecule has 2 aromatic carbocycles. The highest BCUT2D eigenvalue weighted by molar-refractivity contribution is 7.79. The van der Waals surface area contributed by atoms with Gasteiger partial charge in [0.25, 0.3) is 0 Å². The number of phenols is 2. The van der Waals surface area contributed by atoms with Gasteiger partial charge in [-0.3, -0.25) is 9.11 Å². The number of phenolic OH excluding ortho intramolecular Hbond substituents is 2. The molecule has 2 aromatic rings. The van der Waals surface area contributed by atoms with Crippen molar-refractivity contribution in [3.05, 3.63) is 48.5 Å². The molecule has 0 fully saturated rings. The molecular formula is C13H18N2O6S. The van der Waals surface area contributed by atoms with E-state index >= 15 is 0 Å². The van der Waals surface area contributed by atoms with E-state index < -0.39 is 10.4 Å². The first-order valence-electron chi connectivity index (χ1n) is 5.83. The minimum absolute atomic E-state index is 0.146. The number of nitrogens with two attached hydrogens (primary N) is 1. The maximum Gasteiger partial charge on any atom is 0.394 e. The van der Waals surface area contributed by atoms with Gasteiger partial charge in [0.05, 0.1) is 5.69 Å². The third-order valence-corrected chi connectivity index (χ3v) is 2.09. The van der Waals surface area contributed by atoms with E-state index in [0.29, 0.717) is 11.4 Å². The van der Waals surface area contributed by atoms with Gasteiger partial charge in [0.2, 0.25) is 0 Å². The van der Waals surface area contributed by atoms with Gasteiger partial charge in [-0.1, -0.05) is 12.1 Å². The number of aromatic hydroxyl groups is 2. The molecule has 0 atom stereocenters. The van der Waals surface area contributed by atoms with E-state index in [1.165, 1.54) is 0 Å². The van der Waals surface area contributed by atoms with Crippen LogP contribution in [0.3, 0.4) is 0 Å². The molecule has 0 saturated heterocycles. The summed E-state index contributed by atoms with van der Waals surface area (Å²) >= 11 is 0. The van der Waals surface area contributed by atoms with Crippen LogP contribution in [-0.2, 0) is 10.4 Å². The fourth-order valence-corrected chi connectivity index (χ4v) is 1.12. The Morgan fingerprint density at radius 3 is 1.73 bits per heavy atom. The maximum absolute atomic E-state index is 8.82. The summed E-state index contributed by atoms with van der Waals surface area (Å²) in [6, 6.07) is 13.6. The highest BCUT2D eigenvalue weighted by Crippen LogP contribution is 2.16. The zero-order valence-corrected chi connectivity index (χ0v) is 12.5. The van der Waals surface area contributed by atoms with Gasteiger partial charge in [-0.05, 0) is 36.4 Å². The Hall–Kier alpha value is -2.49. The molecule has 8 nitrogen and oxygen atoms in total. The third-order valence-electron chi connectivity index (χ3n) is 2.09. The SMILES string of the molecule is CNc1ccc(O)cc1.Nc1ccccc1O.O=S(=O)(O)O. The van der Waals surface area contributed by atoms with Crippen LogP contribution >= 0.6 is 0 Å². The van der Waals surface area contributed by atoms with Gasteiger partial charge in [0.15, 0.2) is 0 Å². The van der Waals surface area contributed by atoms with Crippen LogP contribution in [0.15, 0.2) is 48.5 Å². The summed E-state index contributed by atoms with van der Waals surface area (Å²) in [5.41, 5.74) is 6.70. The number of rotatable bonds is 1. The van der Waals surface area contributed by atoms with Crippen molar-refractivity contribution in [1.29, 1.82) is 0 Å². The van der Waals surface area contributed by atoms with Crippen molar-refractivity contribution in [2.24, 2.45) is 0 Å². The minimum atomic E-state index is -4.67. The van der Waals surface area contributed by atoms with Gasteiger partial charge in [-0.15, -0.1) is 0 Å². The molecule has 0 heterocycles. The number of hydrogen-bond acceptors (Lipinski definition) is 6. The van der Waals surface area contributed by atoms with Crippen molar-refractivity contribution in [2.45, 2.75) is 0 Å². The average Bonchev–Trinajstić information content (AvgIpc) is 2.42. The van der Waals surface area contributed by atoms with Crippen LogP contribution in [0.1, 0.15) is 0 Å². The average molecular weight is 330 g/mol. The zero-order chi connectivity index (χ0) is 17.2. The summed E-state index contributed by atoms with van der Waals surface area (Å²) in [7, 11) is -2.83. The number of anilines is 2. The summed E-state index contributed by atoms with van der Waals surface area (Å²) in [5.74, 6) is 0.446. The molecular weight excluding hydrogens is 312 g/mol. The van der Waals surface area contributed by atoms with Gasteiger partial charge in [0, 0.05) is 12.7 Å². The smallest absolute Gasteiger partial charge is 0.394 e. The first kappa shape index (κ1) is 19.5. The molecule has 0 aliphatic rings. The quantitative estimate of drug-likeness (QED) is 0.200. The number of nitrogens with one attached hydrogen (secondary N) is 1. The maximum atomic E-state index is 8.82. The molecule has 122 valence electrons. The lowest BCUT2D eigenvalue weighted by molar-refractivity contribution is 0.381. The van der Waals surface area contributed by atoms with Crippen LogP contribution in [0.4, 0.5) is 11.4 Å². The minimum Gasteiger partial charge on any atom is -0.508 e. The Balaban J connectivity index is 0.000000315. The molecule has 0 unspecified atom stereocenters. The normalized spacial score (nSPS) is 9.59. The Bertz CT molecular complexity index is 629. The van der Waals surface area contributed by atoms with Crippen LogP contribution in [0, 0.1) is 0 Å². The third kappa shape index (κ3) is 11.3. The number of para-hydroxylation sites is 2.